The predicted molar refractivity (Wildman–Crippen MR) is 43.4 cm³/mol. The second kappa shape index (κ2) is 3.61. The van der Waals surface area contributed by atoms with Crippen LogP contribution in [0.15, 0.2) is 0 Å². The smallest absolute Gasteiger partial charge is 0.217 e. The molecule has 1 unspecified atom stereocenters. The van der Waals surface area contributed by atoms with Gasteiger partial charge in [0.25, 0.3) is 0 Å². The average molecular weight is 196 g/mol. The van der Waals surface area contributed by atoms with Gasteiger partial charge in [0.15, 0.2) is 17.5 Å². The summed E-state index contributed by atoms with van der Waals surface area (Å²) in [5.74, 6) is -6.15. The van der Waals surface area contributed by atoms with Crippen molar-refractivity contribution in [1.82, 2.24) is 0 Å². The van der Waals surface area contributed by atoms with E-state index in [4.69, 9.17) is 0 Å². The zero-order valence-corrected chi connectivity index (χ0v) is 7.53. The molecule has 0 N–H and O–H groups in total. The van der Waals surface area contributed by atoms with Crippen LogP contribution in [0.3, 0.4) is 0 Å². The van der Waals surface area contributed by atoms with E-state index in [1.165, 1.54) is 6.92 Å². The van der Waals surface area contributed by atoms with Gasteiger partial charge in [-0.05, 0) is 0 Å². The van der Waals surface area contributed by atoms with Gasteiger partial charge in [-0.25, -0.2) is 0 Å². The van der Waals surface area contributed by atoms with Crippen molar-refractivity contribution < 1.29 is 24.0 Å². The van der Waals surface area contributed by atoms with E-state index in [-0.39, 0.29) is 6.42 Å². The Hall–Kier alpha value is -1.65. The Kier molecular flexibility index (Phi) is 2.69. The first-order valence-electron chi connectivity index (χ1n) is 4.15. The molecule has 14 heavy (non-hydrogen) atoms. The van der Waals surface area contributed by atoms with Crippen LogP contribution in [0.2, 0.25) is 0 Å². The summed E-state index contributed by atoms with van der Waals surface area (Å²) in [6.07, 6.45) is -0.615. The number of ketones is 5. The van der Waals surface area contributed by atoms with Crippen molar-refractivity contribution in [3.05, 3.63) is 0 Å². The monoisotopic (exact) mass is 196 g/mol. The first-order valence-corrected chi connectivity index (χ1v) is 4.15. The normalized spacial score (nSPS) is 21.5. The fourth-order valence-electron chi connectivity index (χ4n) is 1.26. The summed E-state index contributed by atoms with van der Waals surface area (Å²) in [6.45, 7) is 1.45. The number of Topliss-reactive ketones (excluding diaryl/α,β-unsaturated/α-hetero) is 5. The molecule has 0 heterocycles. The van der Waals surface area contributed by atoms with Crippen LogP contribution in [0.25, 0.3) is 0 Å². The second-order valence-electron chi connectivity index (χ2n) is 3.00. The summed E-state index contributed by atoms with van der Waals surface area (Å²) in [5, 5.41) is 0. The van der Waals surface area contributed by atoms with Crippen LogP contribution in [0.5, 0.6) is 0 Å². The Morgan fingerprint density at radius 2 is 1.86 bits per heavy atom. The standard InChI is InChI=1S/C9H8O5/c1-2-4(10)8(13)7-5(11)3-6(12)9(7)14/h7H,2-3H2,1H3. The third kappa shape index (κ3) is 1.53. The first kappa shape index (κ1) is 10.4. The van der Waals surface area contributed by atoms with Crippen molar-refractivity contribution in [2.24, 2.45) is 5.92 Å². The van der Waals surface area contributed by atoms with Gasteiger partial charge in [0, 0.05) is 6.42 Å². The van der Waals surface area contributed by atoms with Crippen molar-refractivity contribution in [2.45, 2.75) is 19.8 Å². The molecule has 0 bridgehead atoms. The van der Waals surface area contributed by atoms with Crippen molar-refractivity contribution in [1.29, 1.82) is 0 Å². The summed E-state index contributed by atoms with van der Waals surface area (Å²) in [7, 11) is 0. The minimum Gasteiger partial charge on any atom is -0.298 e. The van der Waals surface area contributed by atoms with Crippen molar-refractivity contribution in [3.8, 4) is 0 Å². The molecule has 1 rings (SSSR count). The molecule has 1 saturated carbocycles. The predicted octanol–water partition coefficient (Wildman–Crippen LogP) is -0.738. The molecule has 0 aromatic rings. The van der Waals surface area contributed by atoms with Gasteiger partial charge in [-0.1, -0.05) is 6.92 Å². The van der Waals surface area contributed by atoms with Crippen LogP contribution in [-0.4, -0.2) is 28.9 Å². The summed E-state index contributed by atoms with van der Waals surface area (Å²) in [4.78, 5) is 55.0. The molecule has 0 aromatic heterocycles. The quantitative estimate of drug-likeness (QED) is 0.438. The van der Waals surface area contributed by atoms with Crippen LogP contribution < -0.4 is 0 Å². The molecule has 5 heteroatoms. The van der Waals surface area contributed by atoms with Gasteiger partial charge in [-0.15, -0.1) is 0 Å². The summed E-state index contributed by atoms with van der Waals surface area (Å²) in [6, 6.07) is 0. The molecule has 5 nitrogen and oxygen atoms in total. The highest BCUT2D eigenvalue weighted by Gasteiger charge is 2.46. The number of hydrogen-bond acceptors (Lipinski definition) is 5. The molecule has 1 aliphatic rings. The minimum atomic E-state index is -1.64. The summed E-state index contributed by atoms with van der Waals surface area (Å²) >= 11 is 0. The van der Waals surface area contributed by atoms with E-state index in [2.05, 4.69) is 0 Å². The van der Waals surface area contributed by atoms with Gasteiger partial charge in [-0.2, -0.15) is 0 Å². The maximum Gasteiger partial charge on any atom is 0.217 e. The Bertz CT molecular complexity index is 352. The fraction of sp³-hybridized carbons (Fsp3) is 0.444. The molecule has 1 atom stereocenters. The first-order chi connectivity index (χ1) is 6.49. The van der Waals surface area contributed by atoms with Crippen LogP contribution in [0, 0.1) is 5.92 Å². The third-order valence-electron chi connectivity index (χ3n) is 2.05. The zero-order chi connectivity index (χ0) is 10.9. The Morgan fingerprint density at radius 1 is 1.29 bits per heavy atom. The van der Waals surface area contributed by atoms with E-state index in [0.717, 1.165) is 0 Å². The zero-order valence-electron chi connectivity index (χ0n) is 7.53. The van der Waals surface area contributed by atoms with Gasteiger partial charge < -0.3 is 0 Å². The maximum absolute atomic E-state index is 11.2. The lowest BCUT2D eigenvalue weighted by atomic mass is 9.96. The highest BCUT2D eigenvalue weighted by Crippen LogP contribution is 2.16. The summed E-state index contributed by atoms with van der Waals surface area (Å²) in [5.41, 5.74) is 0. The molecule has 0 aliphatic heterocycles. The second-order valence-corrected chi connectivity index (χ2v) is 3.00. The van der Waals surface area contributed by atoms with Gasteiger partial charge in [0.05, 0.1) is 6.42 Å². The minimum absolute atomic E-state index is 0.0654. The lowest BCUT2D eigenvalue weighted by Gasteiger charge is -2.01. The van der Waals surface area contributed by atoms with Gasteiger partial charge in [0.1, 0.15) is 0 Å². The van der Waals surface area contributed by atoms with E-state index in [0.29, 0.717) is 0 Å². The van der Waals surface area contributed by atoms with Crippen LogP contribution in [-0.2, 0) is 24.0 Å². The molecule has 1 fully saturated rings. The van der Waals surface area contributed by atoms with Gasteiger partial charge >= 0.3 is 0 Å². The van der Waals surface area contributed by atoms with Crippen molar-refractivity contribution in [2.75, 3.05) is 0 Å². The molecule has 0 saturated heterocycles. The van der Waals surface area contributed by atoms with E-state index < -0.39 is 41.3 Å². The van der Waals surface area contributed by atoms with Crippen LogP contribution in [0.1, 0.15) is 19.8 Å². The molecule has 0 radical (unpaired) electrons. The molecule has 0 aromatic carbocycles. The fourth-order valence-corrected chi connectivity index (χ4v) is 1.26. The molecule has 1 aliphatic carbocycles. The number of carbonyl (C=O) groups excluding carboxylic acids is 5. The Balaban J connectivity index is 2.94. The summed E-state index contributed by atoms with van der Waals surface area (Å²) < 4.78 is 0. The van der Waals surface area contributed by atoms with Gasteiger partial charge in [-0.3, -0.25) is 24.0 Å². The molecule has 0 amide bonds. The lowest BCUT2D eigenvalue weighted by molar-refractivity contribution is -0.145. The van der Waals surface area contributed by atoms with Gasteiger partial charge in [0.2, 0.25) is 17.3 Å². The number of carbonyl (C=O) groups is 5. The molecule has 74 valence electrons. The van der Waals surface area contributed by atoms with E-state index in [9.17, 15) is 24.0 Å². The number of hydrogen-bond donors (Lipinski definition) is 0. The third-order valence-corrected chi connectivity index (χ3v) is 2.05. The molecular weight excluding hydrogens is 188 g/mol. The Labute approximate surface area is 79.5 Å². The molecular formula is C9H8O5. The lowest BCUT2D eigenvalue weighted by Crippen LogP contribution is -2.31. The largest absolute Gasteiger partial charge is 0.298 e. The van der Waals surface area contributed by atoms with Crippen LogP contribution >= 0.6 is 0 Å². The molecule has 0 spiro atoms. The Morgan fingerprint density at radius 3 is 2.21 bits per heavy atom. The van der Waals surface area contributed by atoms with E-state index >= 15 is 0 Å². The number of rotatable bonds is 3. The SMILES string of the molecule is CCC(=O)C(=O)C1C(=O)CC(=O)C1=O. The topological polar surface area (TPSA) is 85.3 Å². The average Bonchev–Trinajstić information content (AvgIpc) is 2.39. The highest BCUT2D eigenvalue weighted by molar-refractivity contribution is 6.60. The van der Waals surface area contributed by atoms with Crippen LogP contribution in [0.4, 0.5) is 0 Å². The van der Waals surface area contributed by atoms with Crippen molar-refractivity contribution >= 4 is 28.9 Å². The highest BCUT2D eigenvalue weighted by atomic mass is 16.2. The maximum atomic E-state index is 11.2. The van der Waals surface area contributed by atoms with E-state index in [1.807, 2.05) is 0 Å². The van der Waals surface area contributed by atoms with E-state index in [1.54, 1.807) is 0 Å². The van der Waals surface area contributed by atoms with Crippen molar-refractivity contribution in [3.63, 3.8) is 0 Å².